The Morgan fingerprint density at radius 1 is 1.35 bits per heavy atom. The van der Waals surface area contributed by atoms with Crippen LogP contribution in [0.15, 0.2) is 30.3 Å². The number of nitrogens with two attached hydrogens (primary N) is 1. The molecule has 0 fully saturated rings. The summed E-state index contributed by atoms with van der Waals surface area (Å²) >= 11 is 0. The van der Waals surface area contributed by atoms with E-state index < -0.39 is 5.92 Å². The van der Waals surface area contributed by atoms with Crippen LogP contribution in [0.4, 0.5) is 0 Å². The monoisotopic (exact) mass is 238 g/mol. The average Bonchev–Trinajstić information content (AvgIpc) is 2.37. The minimum absolute atomic E-state index is 0.240. The van der Waals surface area contributed by atoms with Crippen molar-refractivity contribution in [1.82, 2.24) is 5.48 Å². The number of carbonyl (C=O) groups excluding carboxylic acids is 1. The molecule has 0 aliphatic carbocycles. The van der Waals surface area contributed by atoms with Gasteiger partial charge in [-0.15, -0.1) is 0 Å². The van der Waals surface area contributed by atoms with E-state index in [-0.39, 0.29) is 12.5 Å². The van der Waals surface area contributed by atoms with Gasteiger partial charge in [0, 0.05) is 13.7 Å². The topological polar surface area (TPSA) is 73.6 Å². The predicted octanol–water partition coefficient (Wildman–Crippen LogP) is 0.423. The summed E-state index contributed by atoms with van der Waals surface area (Å²) in [4.78, 5) is 16.7. The van der Waals surface area contributed by atoms with E-state index in [4.69, 9.17) is 15.3 Å². The van der Waals surface area contributed by atoms with Crippen molar-refractivity contribution in [3.63, 3.8) is 0 Å². The second-order valence-electron chi connectivity index (χ2n) is 3.51. The van der Waals surface area contributed by atoms with Crippen molar-refractivity contribution in [2.75, 3.05) is 26.9 Å². The van der Waals surface area contributed by atoms with Gasteiger partial charge in [-0.05, 0) is 5.56 Å². The van der Waals surface area contributed by atoms with E-state index in [2.05, 4.69) is 5.48 Å². The van der Waals surface area contributed by atoms with Crippen molar-refractivity contribution in [2.45, 2.75) is 5.92 Å². The highest BCUT2D eigenvalue weighted by atomic mass is 16.7. The number of rotatable bonds is 7. The first-order chi connectivity index (χ1) is 8.29. The maximum Gasteiger partial charge on any atom is 0.252 e. The molecule has 0 saturated heterocycles. The first-order valence-electron chi connectivity index (χ1n) is 5.45. The number of hydroxylamine groups is 1. The van der Waals surface area contributed by atoms with Gasteiger partial charge in [0.05, 0.1) is 19.1 Å². The lowest BCUT2D eigenvalue weighted by molar-refractivity contribution is -0.135. The van der Waals surface area contributed by atoms with Crippen LogP contribution in [0, 0.1) is 0 Å². The zero-order valence-corrected chi connectivity index (χ0v) is 9.89. The van der Waals surface area contributed by atoms with Crippen LogP contribution in [0.5, 0.6) is 0 Å². The SMILES string of the molecule is COCCONC(=O)C(CN)c1ccccc1. The fourth-order valence-electron chi connectivity index (χ4n) is 1.40. The van der Waals surface area contributed by atoms with Crippen molar-refractivity contribution in [2.24, 2.45) is 5.73 Å². The summed E-state index contributed by atoms with van der Waals surface area (Å²) in [5.41, 5.74) is 8.84. The largest absolute Gasteiger partial charge is 0.382 e. The molecule has 1 rings (SSSR count). The third kappa shape index (κ3) is 4.52. The molecule has 5 heteroatoms. The summed E-state index contributed by atoms with van der Waals surface area (Å²) in [7, 11) is 1.57. The second-order valence-corrected chi connectivity index (χ2v) is 3.51. The van der Waals surface area contributed by atoms with E-state index >= 15 is 0 Å². The Morgan fingerprint density at radius 2 is 2.06 bits per heavy atom. The molecular weight excluding hydrogens is 220 g/mol. The molecular formula is C12H18N2O3. The van der Waals surface area contributed by atoms with Gasteiger partial charge in [0.25, 0.3) is 5.91 Å². The van der Waals surface area contributed by atoms with Crippen LogP contribution in [-0.2, 0) is 14.4 Å². The van der Waals surface area contributed by atoms with Crippen LogP contribution in [0.2, 0.25) is 0 Å². The summed E-state index contributed by atoms with van der Waals surface area (Å²) in [5.74, 6) is -0.631. The Morgan fingerprint density at radius 3 is 2.65 bits per heavy atom. The van der Waals surface area contributed by atoms with Gasteiger partial charge in [-0.2, -0.15) is 0 Å². The normalized spacial score (nSPS) is 12.1. The van der Waals surface area contributed by atoms with Crippen molar-refractivity contribution in [1.29, 1.82) is 0 Å². The van der Waals surface area contributed by atoms with E-state index in [9.17, 15) is 4.79 Å². The van der Waals surface area contributed by atoms with Crippen molar-refractivity contribution >= 4 is 5.91 Å². The van der Waals surface area contributed by atoms with Gasteiger partial charge in [-0.1, -0.05) is 30.3 Å². The molecule has 0 aromatic heterocycles. The van der Waals surface area contributed by atoms with Crippen LogP contribution in [-0.4, -0.2) is 32.8 Å². The van der Waals surface area contributed by atoms with Gasteiger partial charge < -0.3 is 10.5 Å². The van der Waals surface area contributed by atoms with Crippen LogP contribution < -0.4 is 11.2 Å². The molecule has 0 saturated carbocycles. The zero-order valence-electron chi connectivity index (χ0n) is 9.89. The maximum absolute atomic E-state index is 11.8. The van der Waals surface area contributed by atoms with Crippen molar-refractivity contribution in [3.8, 4) is 0 Å². The number of carbonyl (C=O) groups is 1. The molecule has 94 valence electrons. The molecule has 5 nitrogen and oxygen atoms in total. The summed E-state index contributed by atoms with van der Waals surface area (Å²) in [5, 5.41) is 0. The van der Waals surface area contributed by atoms with Crippen LogP contribution in [0.25, 0.3) is 0 Å². The second kappa shape index (κ2) is 7.78. The number of nitrogens with one attached hydrogen (secondary N) is 1. The van der Waals surface area contributed by atoms with E-state index in [0.29, 0.717) is 13.2 Å². The Hall–Kier alpha value is -1.43. The smallest absolute Gasteiger partial charge is 0.252 e. The number of ether oxygens (including phenoxy) is 1. The lowest BCUT2D eigenvalue weighted by atomic mass is 9.99. The Balaban J connectivity index is 2.48. The molecule has 1 atom stereocenters. The third-order valence-corrected chi connectivity index (χ3v) is 2.32. The number of methoxy groups -OCH3 is 1. The highest BCUT2D eigenvalue weighted by molar-refractivity contribution is 5.82. The van der Waals surface area contributed by atoms with Gasteiger partial charge in [0.15, 0.2) is 0 Å². The van der Waals surface area contributed by atoms with Gasteiger partial charge in [0.2, 0.25) is 0 Å². The van der Waals surface area contributed by atoms with E-state index in [1.807, 2.05) is 30.3 Å². The highest BCUT2D eigenvalue weighted by Gasteiger charge is 2.18. The van der Waals surface area contributed by atoms with Crippen molar-refractivity contribution in [3.05, 3.63) is 35.9 Å². The van der Waals surface area contributed by atoms with Crippen LogP contribution in [0.1, 0.15) is 11.5 Å². The van der Waals surface area contributed by atoms with E-state index in [0.717, 1.165) is 5.56 Å². The molecule has 0 aliphatic rings. The molecule has 1 amide bonds. The molecule has 17 heavy (non-hydrogen) atoms. The molecule has 1 aromatic carbocycles. The van der Waals surface area contributed by atoms with E-state index in [1.54, 1.807) is 7.11 Å². The Labute approximate surface area is 101 Å². The quantitative estimate of drug-likeness (QED) is 0.533. The summed E-state index contributed by atoms with van der Waals surface area (Å²) in [6.07, 6.45) is 0. The first-order valence-corrected chi connectivity index (χ1v) is 5.45. The molecule has 0 bridgehead atoms. The molecule has 0 radical (unpaired) electrons. The standard InChI is InChI=1S/C12H18N2O3/c1-16-7-8-17-14-12(15)11(9-13)10-5-3-2-4-6-10/h2-6,11H,7-9,13H2,1H3,(H,14,15). The van der Waals surface area contributed by atoms with Gasteiger partial charge in [-0.25, -0.2) is 5.48 Å². The first kappa shape index (κ1) is 13.6. The maximum atomic E-state index is 11.8. The van der Waals surface area contributed by atoms with Gasteiger partial charge in [0.1, 0.15) is 0 Å². The lowest BCUT2D eigenvalue weighted by Crippen LogP contribution is -2.34. The minimum Gasteiger partial charge on any atom is -0.382 e. The molecule has 3 N–H and O–H groups in total. The summed E-state index contributed by atoms with van der Waals surface area (Å²) in [6.45, 7) is 0.983. The Kier molecular flexibility index (Phi) is 6.24. The minimum atomic E-state index is -0.390. The summed E-state index contributed by atoms with van der Waals surface area (Å²) in [6, 6.07) is 9.37. The van der Waals surface area contributed by atoms with Crippen molar-refractivity contribution < 1.29 is 14.4 Å². The molecule has 0 spiro atoms. The number of benzene rings is 1. The number of amides is 1. The number of hydrogen-bond acceptors (Lipinski definition) is 4. The molecule has 0 heterocycles. The zero-order chi connectivity index (χ0) is 12.5. The van der Waals surface area contributed by atoms with Crippen LogP contribution in [0.3, 0.4) is 0 Å². The predicted molar refractivity (Wildman–Crippen MR) is 64.2 cm³/mol. The van der Waals surface area contributed by atoms with Gasteiger partial charge >= 0.3 is 0 Å². The molecule has 1 aromatic rings. The van der Waals surface area contributed by atoms with Crippen LogP contribution >= 0.6 is 0 Å². The molecule has 1 unspecified atom stereocenters. The third-order valence-electron chi connectivity index (χ3n) is 2.32. The average molecular weight is 238 g/mol. The molecule has 0 aliphatic heterocycles. The lowest BCUT2D eigenvalue weighted by Gasteiger charge is -2.14. The van der Waals surface area contributed by atoms with E-state index in [1.165, 1.54) is 0 Å². The Bertz CT molecular complexity index is 330. The fraction of sp³-hybridized carbons (Fsp3) is 0.417. The highest BCUT2D eigenvalue weighted by Crippen LogP contribution is 2.13. The van der Waals surface area contributed by atoms with Gasteiger partial charge in [-0.3, -0.25) is 9.63 Å². The number of hydrogen-bond donors (Lipinski definition) is 2. The summed E-state index contributed by atoms with van der Waals surface area (Å²) < 4.78 is 4.79. The fourth-order valence-corrected chi connectivity index (χ4v) is 1.40.